The molecule has 0 saturated carbocycles. The van der Waals surface area contributed by atoms with Crippen LogP contribution >= 0.6 is 0 Å². The SMILES string of the molecule is NC(=O)C1CCCN1Cc1cccc2c1NCC2. The average Bonchev–Trinajstić information content (AvgIpc) is 2.96. The van der Waals surface area contributed by atoms with Crippen LogP contribution in [0.2, 0.25) is 0 Å². The Hall–Kier alpha value is -1.55. The molecule has 1 amide bonds. The fraction of sp³-hybridized carbons (Fsp3) is 0.500. The van der Waals surface area contributed by atoms with Gasteiger partial charge >= 0.3 is 0 Å². The topological polar surface area (TPSA) is 58.4 Å². The predicted octanol–water partition coefficient (Wildman–Crippen LogP) is 1.10. The molecule has 3 N–H and O–H groups in total. The van der Waals surface area contributed by atoms with Crippen LogP contribution < -0.4 is 11.1 Å². The third-order valence-corrected chi connectivity index (χ3v) is 4.00. The number of amides is 1. The minimum absolute atomic E-state index is 0.0812. The highest BCUT2D eigenvalue weighted by atomic mass is 16.1. The Labute approximate surface area is 107 Å². The van der Waals surface area contributed by atoms with Crippen LogP contribution in [0.3, 0.4) is 0 Å². The van der Waals surface area contributed by atoms with E-state index in [1.165, 1.54) is 16.8 Å². The average molecular weight is 245 g/mol. The Morgan fingerprint density at radius 2 is 2.39 bits per heavy atom. The largest absolute Gasteiger partial charge is 0.384 e. The number of carbonyl (C=O) groups excluding carboxylic acids is 1. The van der Waals surface area contributed by atoms with Gasteiger partial charge in [0, 0.05) is 18.8 Å². The lowest BCUT2D eigenvalue weighted by Gasteiger charge is -2.23. The summed E-state index contributed by atoms with van der Waals surface area (Å²) in [6.45, 7) is 2.81. The van der Waals surface area contributed by atoms with Crippen molar-refractivity contribution in [3.8, 4) is 0 Å². The quantitative estimate of drug-likeness (QED) is 0.838. The third kappa shape index (κ3) is 1.97. The van der Waals surface area contributed by atoms with Crippen molar-refractivity contribution in [2.24, 2.45) is 5.73 Å². The van der Waals surface area contributed by atoms with E-state index in [1.54, 1.807) is 0 Å². The highest BCUT2D eigenvalue weighted by Crippen LogP contribution is 2.29. The lowest BCUT2D eigenvalue weighted by atomic mass is 10.1. The molecule has 0 bridgehead atoms. The van der Waals surface area contributed by atoms with Gasteiger partial charge in [-0.2, -0.15) is 0 Å². The van der Waals surface area contributed by atoms with E-state index in [9.17, 15) is 4.79 Å². The van der Waals surface area contributed by atoms with Gasteiger partial charge in [-0.15, -0.1) is 0 Å². The fourth-order valence-electron chi connectivity index (χ4n) is 3.10. The number of hydrogen-bond acceptors (Lipinski definition) is 3. The van der Waals surface area contributed by atoms with Crippen LogP contribution in [0.4, 0.5) is 5.69 Å². The first-order chi connectivity index (χ1) is 8.75. The molecule has 4 heteroatoms. The summed E-state index contributed by atoms with van der Waals surface area (Å²) >= 11 is 0. The summed E-state index contributed by atoms with van der Waals surface area (Å²) < 4.78 is 0. The zero-order valence-electron chi connectivity index (χ0n) is 10.5. The van der Waals surface area contributed by atoms with E-state index in [1.807, 2.05) is 0 Å². The van der Waals surface area contributed by atoms with Crippen LogP contribution in [-0.2, 0) is 17.8 Å². The van der Waals surface area contributed by atoms with Gasteiger partial charge in [-0.1, -0.05) is 18.2 Å². The van der Waals surface area contributed by atoms with Crippen molar-refractivity contribution >= 4 is 11.6 Å². The zero-order chi connectivity index (χ0) is 12.5. The molecular weight excluding hydrogens is 226 g/mol. The lowest BCUT2D eigenvalue weighted by Crippen LogP contribution is -2.39. The summed E-state index contributed by atoms with van der Waals surface area (Å²) in [4.78, 5) is 13.6. The van der Waals surface area contributed by atoms with Crippen molar-refractivity contribution in [1.82, 2.24) is 4.90 Å². The second kappa shape index (κ2) is 4.61. The number of nitrogens with one attached hydrogen (secondary N) is 1. The number of nitrogens with two attached hydrogens (primary N) is 1. The van der Waals surface area contributed by atoms with E-state index < -0.39 is 0 Å². The molecule has 0 aliphatic carbocycles. The molecule has 1 aromatic carbocycles. The molecule has 1 unspecified atom stereocenters. The zero-order valence-corrected chi connectivity index (χ0v) is 10.5. The van der Waals surface area contributed by atoms with Crippen molar-refractivity contribution in [3.05, 3.63) is 29.3 Å². The molecule has 2 aliphatic heterocycles. The molecule has 3 rings (SSSR count). The maximum absolute atomic E-state index is 11.4. The van der Waals surface area contributed by atoms with Crippen molar-refractivity contribution in [3.63, 3.8) is 0 Å². The van der Waals surface area contributed by atoms with Crippen LogP contribution in [0, 0.1) is 0 Å². The van der Waals surface area contributed by atoms with Gasteiger partial charge in [0.05, 0.1) is 6.04 Å². The van der Waals surface area contributed by atoms with Gasteiger partial charge in [0.15, 0.2) is 0 Å². The van der Waals surface area contributed by atoms with Gasteiger partial charge < -0.3 is 11.1 Å². The van der Waals surface area contributed by atoms with E-state index in [4.69, 9.17) is 5.73 Å². The number of nitrogens with zero attached hydrogens (tertiary/aromatic N) is 1. The monoisotopic (exact) mass is 245 g/mol. The first-order valence-corrected chi connectivity index (χ1v) is 6.64. The Kier molecular flexibility index (Phi) is 2.96. The Morgan fingerprint density at radius 1 is 1.50 bits per heavy atom. The summed E-state index contributed by atoms with van der Waals surface area (Å²) in [6, 6.07) is 6.35. The number of hydrogen-bond donors (Lipinski definition) is 2. The van der Waals surface area contributed by atoms with Crippen molar-refractivity contribution < 1.29 is 4.79 Å². The van der Waals surface area contributed by atoms with Crippen molar-refractivity contribution in [2.75, 3.05) is 18.4 Å². The van der Waals surface area contributed by atoms with Crippen LogP contribution in [0.25, 0.3) is 0 Å². The first kappa shape index (κ1) is 11.5. The number of likely N-dealkylation sites (tertiary alicyclic amines) is 1. The molecule has 1 saturated heterocycles. The number of carbonyl (C=O) groups is 1. The number of primary amides is 1. The molecule has 1 fully saturated rings. The van der Waals surface area contributed by atoms with Crippen LogP contribution in [0.5, 0.6) is 0 Å². The maximum atomic E-state index is 11.4. The van der Waals surface area contributed by atoms with Crippen LogP contribution in [0.1, 0.15) is 24.0 Å². The summed E-state index contributed by atoms with van der Waals surface area (Å²) in [5.41, 5.74) is 9.41. The maximum Gasteiger partial charge on any atom is 0.234 e. The van der Waals surface area contributed by atoms with Crippen LogP contribution in [0.15, 0.2) is 18.2 Å². The van der Waals surface area contributed by atoms with Gasteiger partial charge in [-0.05, 0) is 36.9 Å². The third-order valence-electron chi connectivity index (χ3n) is 4.00. The summed E-state index contributed by atoms with van der Waals surface area (Å²) in [5.74, 6) is -0.187. The molecule has 0 aromatic heterocycles. The minimum Gasteiger partial charge on any atom is -0.384 e. The fourth-order valence-corrected chi connectivity index (χ4v) is 3.10. The molecule has 96 valence electrons. The number of fused-ring (bicyclic) bond motifs is 1. The van der Waals surface area contributed by atoms with Crippen molar-refractivity contribution in [2.45, 2.75) is 31.8 Å². The first-order valence-electron chi connectivity index (χ1n) is 6.64. The molecule has 2 heterocycles. The van der Waals surface area contributed by atoms with Gasteiger partial charge in [0.2, 0.25) is 5.91 Å². The van der Waals surface area contributed by atoms with Gasteiger partial charge in [0.25, 0.3) is 0 Å². The smallest absolute Gasteiger partial charge is 0.234 e. The molecule has 2 aliphatic rings. The molecule has 1 atom stereocenters. The minimum atomic E-state index is -0.187. The van der Waals surface area contributed by atoms with E-state index in [2.05, 4.69) is 28.4 Å². The number of rotatable bonds is 3. The summed E-state index contributed by atoms with van der Waals surface area (Å²) in [7, 11) is 0. The second-order valence-corrected chi connectivity index (χ2v) is 5.16. The standard InChI is InChI=1S/C14H19N3O/c15-14(18)12-5-2-8-17(12)9-11-4-1-3-10-6-7-16-13(10)11/h1,3-4,12,16H,2,5-9H2,(H2,15,18). The van der Waals surface area contributed by atoms with Gasteiger partial charge in [0.1, 0.15) is 0 Å². The number of para-hydroxylation sites is 1. The van der Waals surface area contributed by atoms with Crippen molar-refractivity contribution in [1.29, 1.82) is 0 Å². The molecule has 18 heavy (non-hydrogen) atoms. The predicted molar refractivity (Wildman–Crippen MR) is 71.3 cm³/mol. The molecule has 0 spiro atoms. The van der Waals surface area contributed by atoms with E-state index in [-0.39, 0.29) is 11.9 Å². The molecule has 0 radical (unpaired) electrons. The summed E-state index contributed by atoms with van der Waals surface area (Å²) in [6.07, 6.45) is 3.07. The number of anilines is 1. The van der Waals surface area contributed by atoms with Crippen LogP contribution in [-0.4, -0.2) is 29.9 Å². The lowest BCUT2D eigenvalue weighted by molar-refractivity contribution is -0.122. The Morgan fingerprint density at radius 3 is 3.22 bits per heavy atom. The van der Waals surface area contributed by atoms with E-state index in [0.717, 1.165) is 38.9 Å². The Bertz CT molecular complexity index is 472. The number of benzene rings is 1. The molecular formula is C14H19N3O. The van der Waals surface area contributed by atoms with Gasteiger partial charge in [-0.25, -0.2) is 0 Å². The second-order valence-electron chi connectivity index (χ2n) is 5.16. The summed E-state index contributed by atoms with van der Waals surface area (Å²) in [5, 5.41) is 3.44. The van der Waals surface area contributed by atoms with E-state index >= 15 is 0 Å². The highest BCUT2D eigenvalue weighted by molar-refractivity contribution is 5.80. The Balaban J connectivity index is 1.81. The highest BCUT2D eigenvalue weighted by Gasteiger charge is 2.29. The van der Waals surface area contributed by atoms with E-state index in [0.29, 0.717) is 0 Å². The molecule has 1 aromatic rings. The molecule has 4 nitrogen and oxygen atoms in total. The van der Waals surface area contributed by atoms with Gasteiger partial charge in [-0.3, -0.25) is 9.69 Å². The normalized spacial score (nSPS) is 22.8.